The molecule has 1 atom stereocenters. The van der Waals surface area contributed by atoms with Gasteiger partial charge in [0.05, 0.1) is 24.7 Å². The summed E-state index contributed by atoms with van der Waals surface area (Å²) >= 11 is 0. The fourth-order valence-corrected chi connectivity index (χ4v) is 5.02. The zero-order valence-electron chi connectivity index (χ0n) is 22.6. The number of aromatic nitrogens is 3. The number of fused-ring (bicyclic) bond motifs is 1. The third-order valence-electron chi connectivity index (χ3n) is 7.28. The second-order valence-corrected chi connectivity index (χ2v) is 9.86. The molecule has 5 rings (SSSR count). The third kappa shape index (κ3) is 5.98. The number of rotatable bonds is 9. The SMILES string of the molecule is CCc1ccc(Nc2ncc(F)c(C3=CCc4c(NC(=O)[C@@H](COC)N5CCN(C)CC5)cccc43)n2)cn1. The Hall–Kier alpha value is -3.73. The molecular weight excluding hydrogens is 497 g/mol. The summed E-state index contributed by atoms with van der Waals surface area (Å²) in [6, 6.07) is 9.13. The van der Waals surface area contributed by atoms with Gasteiger partial charge in [-0.2, -0.15) is 0 Å². The van der Waals surface area contributed by atoms with Gasteiger partial charge in [-0.05, 0) is 49.2 Å². The van der Waals surface area contributed by atoms with Crippen LogP contribution in [0.1, 0.15) is 29.4 Å². The quantitative estimate of drug-likeness (QED) is 0.433. The molecule has 9 nitrogen and oxygen atoms in total. The molecule has 1 aliphatic carbocycles. The van der Waals surface area contributed by atoms with Crippen LogP contribution in [0.15, 0.2) is 48.8 Å². The van der Waals surface area contributed by atoms with E-state index in [9.17, 15) is 9.18 Å². The van der Waals surface area contributed by atoms with E-state index in [1.54, 1.807) is 13.3 Å². The standard InChI is InChI=1S/C29H34FN7O2/c1-4-19-8-9-20(16-31-19)33-29-32-17-24(30)27(35-29)23-11-10-22-21(23)6-5-7-25(22)34-28(38)26(18-39-3)37-14-12-36(2)13-15-37/h5-9,11,16-17,26H,4,10,12-15,18H2,1-3H3,(H,34,38)(H,32,33,35)/t26-/m1/s1. The number of aryl methyl sites for hydroxylation is 1. The zero-order valence-corrected chi connectivity index (χ0v) is 22.6. The number of piperazine rings is 1. The molecule has 204 valence electrons. The van der Waals surface area contributed by atoms with Crippen molar-refractivity contribution < 1.29 is 13.9 Å². The fraction of sp³-hybridized carbons (Fsp3) is 0.379. The summed E-state index contributed by atoms with van der Waals surface area (Å²) in [6.07, 6.45) is 6.23. The number of hydrogen-bond acceptors (Lipinski definition) is 8. The Labute approximate surface area is 228 Å². The molecule has 1 saturated heterocycles. The number of carbonyl (C=O) groups excluding carboxylic acids is 1. The largest absolute Gasteiger partial charge is 0.383 e. The van der Waals surface area contributed by atoms with E-state index in [0.29, 0.717) is 24.3 Å². The average Bonchev–Trinajstić information content (AvgIpc) is 3.39. The number of hydrogen-bond donors (Lipinski definition) is 2. The number of amides is 1. The molecule has 1 fully saturated rings. The lowest BCUT2D eigenvalue weighted by atomic mass is 10.0. The van der Waals surface area contributed by atoms with E-state index in [0.717, 1.165) is 55.1 Å². The molecule has 3 heterocycles. The average molecular weight is 532 g/mol. The molecule has 39 heavy (non-hydrogen) atoms. The molecule has 0 saturated carbocycles. The van der Waals surface area contributed by atoms with E-state index in [2.05, 4.69) is 42.4 Å². The molecule has 3 aromatic rings. The first-order valence-corrected chi connectivity index (χ1v) is 13.3. The van der Waals surface area contributed by atoms with Gasteiger partial charge in [-0.15, -0.1) is 0 Å². The van der Waals surface area contributed by atoms with Gasteiger partial charge >= 0.3 is 0 Å². The highest BCUT2D eigenvalue weighted by Gasteiger charge is 2.30. The van der Waals surface area contributed by atoms with Crippen LogP contribution in [0.2, 0.25) is 0 Å². The minimum absolute atomic E-state index is 0.106. The van der Waals surface area contributed by atoms with Crippen LogP contribution in [0, 0.1) is 5.82 Å². The summed E-state index contributed by atoms with van der Waals surface area (Å²) in [7, 11) is 3.70. The van der Waals surface area contributed by atoms with Crippen molar-refractivity contribution in [1.82, 2.24) is 24.8 Å². The molecule has 0 radical (unpaired) electrons. The number of pyridine rings is 1. The van der Waals surface area contributed by atoms with Crippen molar-refractivity contribution in [3.8, 4) is 0 Å². The number of carbonyl (C=O) groups is 1. The maximum Gasteiger partial charge on any atom is 0.244 e. The lowest BCUT2D eigenvalue weighted by Crippen LogP contribution is -2.54. The summed E-state index contributed by atoms with van der Waals surface area (Å²) in [6.45, 7) is 5.78. The fourth-order valence-electron chi connectivity index (χ4n) is 5.02. The van der Waals surface area contributed by atoms with Gasteiger partial charge < -0.3 is 20.3 Å². The van der Waals surface area contributed by atoms with E-state index in [-0.39, 0.29) is 23.6 Å². The summed E-state index contributed by atoms with van der Waals surface area (Å²) in [5, 5.41) is 6.23. The van der Waals surface area contributed by atoms with Crippen LogP contribution in [0.5, 0.6) is 0 Å². The van der Waals surface area contributed by atoms with E-state index >= 15 is 0 Å². The molecule has 2 aromatic heterocycles. The van der Waals surface area contributed by atoms with Crippen molar-refractivity contribution in [1.29, 1.82) is 0 Å². The van der Waals surface area contributed by atoms with Crippen molar-refractivity contribution in [2.75, 3.05) is 57.6 Å². The highest BCUT2D eigenvalue weighted by atomic mass is 19.1. The Morgan fingerprint density at radius 3 is 2.67 bits per heavy atom. The maximum atomic E-state index is 15.0. The van der Waals surface area contributed by atoms with E-state index in [4.69, 9.17) is 4.74 Å². The number of nitrogens with zero attached hydrogens (tertiary/aromatic N) is 5. The minimum Gasteiger partial charge on any atom is -0.383 e. The number of likely N-dealkylation sites (N-methyl/N-ethyl adjacent to an activating group) is 1. The number of methoxy groups -OCH3 is 1. The second kappa shape index (κ2) is 12.0. The first kappa shape index (κ1) is 26.9. The number of anilines is 3. The van der Waals surface area contributed by atoms with Crippen molar-refractivity contribution >= 4 is 28.8 Å². The van der Waals surface area contributed by atoms with Gasteiger partial charge in [0.25, 0.3) is 0 Å². The number of nitrogens with one attached hydrogen (secondary N) is 2. The Kier molecular flexibility index (Phi) is 8.25. The van der Waals surface area contributed by atoms with Crippen LogP contribution in [0.25, 0.3) is 5.57 Å². The second-order valence-electron chi connectivity index (χ2n) is 9.86. The summed E-state index contributed by atoms with van der Waals surface area (Å²) < 4.78 is 20.4. The van der Waals surface area contributed by atoms with E-state index < -0.39 is 5.82 Å². The van der Waals surface area contributed by atoms with Gasteiger partial charge in [-0.25, -0.2) is 14.4 Å². The summed E-state index contributed by atoms with van der Waals surface area (Å²) in [5.74, 6) is -0.333. The number of ether oxygens (including phenoxy) is 1. The lowest BCUT2D eigenvalue weighted by Gasteiger charge is -2.36. The van der Waals surface area contributed by atoms with Gasteiger partial charge in [-0.3, -0.25) is 14.7 Å². The Balaban J connectivity index is 1.35. The molecule has 2 aliphatic rings. The Morgan fingerprint density at radius 1 is 1.13 bits per heavy atom. The van der Waals surface area contributed by atoms with Crippen molar-refractivity contribution in [2.45, 2.75) is 25.8 Å². The van der Waals surface area contributed by atoms with Gasteiger partial charge in [0.1, 0.15) is 11.7 Å². The third-order valence-corrected chi connectivity index (χ3v) is 7.28. The maximum absolute atomic E-state index is 15.0. The van der Waals surface area contributed by atoms with Crippen LogP contribution in [-0.2, 0) is 22.4 Å². The van der Waals surface area contributed by atoms with Crippen molar-refractivity contribution in [3.05, 3.63) is 77.1 Å². The van der Waals surface area contributed by atoms with Crippen LogP contribution in [0.4, 0.5) is 21.7 Å². The highest BCUT2D eigenvalue weighted by molar-refractivity contribution is 5.97. The number of allylic oxidation sites excluding steroid dienone is 1. The predicted octanol–water partition coefficient (Wildman–Crippen LogP) is 3.51. The normalized spacial score (nSPS) is 16.5. The topological polar surface area (TPSA) is 95.5 Å². The first-order valence-electron chi connectivity index (χ1n) is 13.3. The summed E-state index contributed by atoms with van der Waals surface area (Å²) in [4.78, 5) is 30.8. The predicted molar refractivity (Wildman–Crippen MR) is 149 cm³/mol. The minimum atomic E-state index is -0.510. The van der Waals surface area contributed by atoms with Gasteiger partial charge in [-0.1, -0.05) is 25.1 Å². The lowest BCUT2D eigenvalue weighted by molar-refractivity contribution is -0.124. The Morgan fingerprint density at radius 2 is 1.95 bits per heavy atom. The van der Waals surface area contributed by atoms with Gasteiger partial charge in [0, 0.05) is 50.2 Å². The molecule has 1 aliphatic heterocycles. The summed E-state index contributed by atoms with van der Waals surface area (Å²) in [5.41, 5.74) is 5.08. The van der Waals surface area contributed by atoms with E-state index in [1.807, 2.05) is 43.3 Å². The molecule has 0 bridgehead atoms. The molecule has 10 heteroatoms. The van der Waals surface area contributed by atoms with Crippen molar-refractivity contribution in [2.24, 2.45) is 0 Å². The molecular formula is C29H34FN7O2. The van der Waals surface area contributed by atoms with Crippen molar-refractivity contribution in [3.63, 3.8) is 0 Å². The monoisotopic (exact) mass is 531 g/mol. The first-order chi connectivity index (χ1) is 19.0. The van der Waals surface area contributed by atoms with Crippen LogP contribution in [-0.4, -0.2) is 83.6 Å². The molecule has 1 aromatic carbocycles. The molecule has 0 spiro atoms. The number of benzene rings is 1. The zero-order chi connectivity index (χ0) is 27.4. The molecule has 1 amide bonds. The Bertz CT molecular complexity index is 1350. The van der Waals surface area contributed by atoms with Gasteiger partial charge in [0.15, 0.2) is 5.82 Å². The smallest absolute Gasteiger partial charge is 0.244 e. The van der Waals surface area contributed by atoms with Crippen LogP contribution in [0.3, 0.4) is 0 Å². The van der Waals surface area contributed by atoms with Gasteiger partial charge in [0.2, 0.25) is 11.9 Å². The number of halogens is 1. The van der Waals surface area contributed by atoms with Crippen LogP contribution >= 0.6 is 0 Å². The van der Waals surface area contributed by atoms with Crippen LogP contribution < -0.4 is 10.6 Å². The molecule has 0 unspecified atom stereocenters. The van der Waals surface area contributed by atoms with E-state index in [1.165, 1.54) is 6.20 Å². The highest BCUT2D eigenvalue weighted by Crippen LogP contribution is 2.37. The molecule has 2 N–H and O–H groups in total.